The van der Waals surface area contributed by atoms with Crippen LogP contribution in [0.4, 0.5) is 11.4 Å². The number of hydrogen-bond donors (Lipinski definition) is 0. The third-order valence-corrected chi connectivity index (χ3v) is 11.1. The summed E-state index contributed by atoms with van der Waals surface area (Å²) in [4.78, 5) is 2.58. The van der Waals surface area contributed by atoms with Crippen LogP contribution in [0.25, 0.3) is 70.9 Å². The highest BCUT2D eigenvalue weighted by atomic mass is 15.2. The van der Waals surface area contributed by atoms with Crippen LogP contribution in [0, 0.1) is 0 Å². The van der Waals surface area contributed by atoms with E-state index in [-0.39, 0.29) is 12.0 Å². The standard InChI is InChI=1S/C48H32N2/c1-4-16-36-31(12-1)14-11-23-43(36)49-44-21-9-7-19-39(44)41-28-32(24-26-46(41)49)33-25-27-47-42(29-33)40-20-8-10-22-45(40)50(47)48-30-34-13-2-3-15-35(34)37-17-5-6-18-38(37)48/h1-30,40,45H. The molecule has 0 saturated carbocycles. The van der Waals surface area contributed by atoms with E-state index in [9.17, 15) is 0 Å². The molecule has 11 rings (SSSR count). The maximum atomic E-state index is 2.58. The van der Waals surface area contributed by atoms with Gasteiger partial charge in [-0.2, -0.15) is 0 Å². The quantitative estimate of drug-likeness (QED) is 0.175. The molecule has 2 heteroatoms. The van der Waals surface area contributed by atoms with E-state index in [1.54, 1.807) is 0 Å². The third-order valence-electron chi connectivity index (χ3n) is 11.1. The summed E-state index contributed by atoms with van der Waals surface area (Å²) in [5.74, 6) is 0.275. The Morgan fingerprint density at radius 3 is 1.94 bits per heavy atom. The first-order valence-corrected chi connectivity index (χ1v) is 17.5. The molecule has 234 valence electrons. The van der Waals surface area contributed by atoms with Crippen molar-refractivity contribution in [3.8, 4) is 16.8 Å². The van der Waals surface area contributed by atoms with Crippen molar-refractivity contribution in [3.05, 3.63) is 188 Å². The second-order valence-corrected chi connectivity index (χ2v) is 13.7. The zero-order chi connectivity index (χ0) is 32.8. The molecule has 0 spiro atoms. The summed E-state index contributed by atoms with van der Waals surface area (Å²) in [6, 6.07) is 58.5. The molecule has 1 aliphatic heterocycles. The molecule has 50 heavy (non-hydrogen) atoms. The Balaban J connectivity index is 1.09. The Hall–Kier alpha value is -6.38. The van der Waals surface area contributed by atoms with Gasteiger partial charge in [0.15, 0.2) is 0 Å². The molecule has 0 amide bonds. The summed E-state index contributed by atoms with van der Waals surface area (Å²) in [5, 5.41) is 10.2. The van der Waals surface area contributed by atoms with Crippen LogP contribution in [-0.4, -0.2) is 10.6 Å². The number of anilines is 2. The van der Waals surface area contributed by atoms with E-state index in [0.29, 0.717) is 0 Å². The number of rotatable bonds is 3. The molecule has 0 radical (unpaired) electrons. The van der Waals surface area contributed by atoms with Gasteiger partial charge in [-0.1, -0.05) is 140 Å². The van der Waals surface area contributed by atoms with E-state index >= 15 is 0 Å². The van der Waals surface area contributed by atoms with E-state index in [0.717, 1.165) is 0 Å². The molecule has 2 nitrogen and oxygen atoms in total. The molecule has 0 N–H and O–H groups in total. The Morgan fingerprint density at radius 2 is 1.04 bits per heavy atom. The zero-order valence-corrected chi connectivity index (χ0v) is 27.4. The Labute approximate surface area is 290 Å². The van der Waals surface area contributed by atoms with Crippen molar-refractivity contribution < 1.29 is 0 Å². The first-order valence-electron chi connectivity index (χ1n) is 17.5. The molecule has 9 aromatic rings. The fourth-order valence-electron chi connectivity index (χ4n) is 8.85. The van der Waals surface area contributed by atoms with Gasteiger partial charge in [-0.15, -0.1) is 0 Å². The maximum absolute atomic E-state index is 2.58. The number of benzene rings is 8. The smallest absolute Gasteiger partial charge is 0.0629 e. The lowest BCUT2D eigenvalue weighted by atomic mass is 9.89. The minimum atomic E-state index is 0.218. The van der Waals surface area contributed by atoms with E-state index in [2.05, 4.69) is 191 Å². The van der Waals surface area contributed by atoms with Crippen LogP contribution in [0.15, 0.2) is 182 Å². The van der Waals surface area contributed by atoms with Gasteiger partial charge in [0.2, 0.25) is 0 Å². The highest BCUT2D eigenvalue weighted by Gasteiger charge is 2.38. The van der Waals surface area contributed by atoms with Crippen LogP contribution in [0.2, 0.25) is 0 Å². The lowest BCUT2D eigenvalue weighted by molar-refractivity contribution is 0.746. The molecule has 1 aliphatic carbocycles. The van der Waals surface area contributed by atoms with Crippen LogP contribution < -0.4 is 4.90 Å². The minimum Gasteiger partial charge on any atom is -0.333 e. The summed E-state index contributed by atoms with van der Waals surface area (Å²) in [6.07, 6.45) is 9.19. The molecular formula is C48H32N2. The summed E-state index contributed by atoms with van der Waals surface area (Å²) in [5.41, 5.74) is 10.1. The van der Waals surface area contributed by atoms with Crippen molar-refractivity contribution in [1.82, 2.24) is 4.57 Å². The van der Waals surface area contributed by atoms with Gasteiger partial charge in [-0.05, 0) is 80.7 Å². The van der Waals surface area contributed by atoms with Gasteiger partial charge in [-0.25, -0.2) is 0 Å². The van der Waals surface area contributed by atoms with Gasteiger partial charge in [0.1, 0.15) is 0 Å². The van der Waals surface area contributed by atoms with Gasteiger partial charge >= 0.3 is 0 Å². The van der Waals surface area contributed by atoms with Crippen molar-refractivity contribution in [2.24, 2.45) is 0 Å². The molecule has 2 heterocycles. The molecule has 1 aromatic heterocycles. The number of allylic oxidation sites excluding steroid dienone is 2. The van der Waals surface area contributed by atoms with Crippen molar-refractivity contribution >= 4 is 65.5 Å². The molecule has 2 aliphatic rings. The first kappa shape index (κ1) is 27.6. The fraction of sp³-hybridized carbons (Fsp3) is 0.0417. The van der Waals surface area contributed by atoms with Gasteiger partial charge in [0, 0.05) is 33.2 Å². The molecule has 2 unspecified atom stereocenters. The van der Waals surface area contributed by atoms with Gasteiger partial charge in [0.25, 0.3) is 0 Å². The van der Waals surface area contributed by atoms with Crippen molar-refractivity contribution in [2.75, 3.05) is 4.90 Å². The van der Waals surface area contributed by atoms with Crippen LogP contribution in [0.3, 0.4) is 0 Å². The number of fused-ring (bicyclic) bond motifs is 10. The van der Waals surface area contributed by atoms with Crippen molar-refractivity contribution in [3.63, 3.8) is 0 Å². The van der Waals surface area contributed by atoms with Gasteiger partial charge in [-0.3, -0.25) is 0 Å². The lowest BCUT2D eigenvalue weighted by Gasteiger charge is -2.30. The number of hydrogen-bond acceptors (Lipinski definition) is 1. The Morgan fingerprint density at radius 1 is 0.380 bits per heavy atom. The number of nitrogens with zero attached hydrogens (tertiary/aromatic N) is 2. The van der Waals surface area contributed by atoms with Crippen LogP contribution >= 0.6 is 0 Å². The van der Waals surface area contributed by atoms with Gasteiger partial charge < -0.3 is 9.47 Å². The second-order valence-electron chi connectivity index (χ2n) is 13.7. The Kier molecular flexibility index (Phi) is 5.82. The largest absolute Gasteiger partial charge is 0.333 e. The minimum absolute atomic E-state index is 0.218. The highest BCUT2D eigenvalue weighted by Crippen LogP contribution is 2.51. The summed E-state index contributed by atoms with van der Waals surface area (Å²) >= 11 is 0. The average Bonchev–Trinajstić information content (AvgIpc) is 3.69. The van der Waals surface area contributed by atoms with Crippen LogP contribution in [0.5, 0.6) is 0 Å². The molecule has 0 bridgehead atoms. The van der Waals surface area contributed by atoms with Gasteiger partial charge in [0.05, 0.1) is 28.5 Å². The van der Waals surface area contributed by atoms with E-state index in [1.165, 1.54) is 87.9 Å². The normalized spacial score (nSPS) is 16.6. The number of para-hydroxylation sites is 1. The molecule has 0 fully saturated rings. The topological polar surface area (TPSA) is 8.17 Å². The molecular weight excluding hydrogens is 605 g/mol. The van der Waals surface area contributed by atoms with Crippen LogP contribution in [-0.2, 0) is 0 Å². The molecule has 8 aromatic carbocycles. The van der Waals surface area contributed by atoms with Crippen molar-refractivity contribution in [1.29, 1.82) is 0 Å². The first-order chi connectivity index (χ1) is 24.8. The summed E-state index contributed by atoms with van der Waals surface area (Å²) < 4.78 is 2.44. The molecule has 2 atom stereocenters. The summed E-state index contributed by atoms with van der Waals surface area (Å²) in [6.45, 7) is 0. The number of aromatic nitrogens is 1. The monoisotopic (exact) mass is 636 g/mol. The highest BCUT2D eigenvalue weighted by molar-refractivity contribution is 6.14. The average molecular weight is 637 g/mol. The predicted octanol–water partition coefficient (Wildman–Crippen LogP) is 12.6. The summed E-state index contributed by atoms with van der Waals surface area (Å²) in [7, 11) is 0. The molecule has 0 saturated heterocycles. The fourth-order valence-corrected chi connectivity index (χ4v) is 8.85. The second kappa shape index (κ2) is 10.6. The zero-order valence-electron chi connectivity index (χ0n) is 27.4. The van der Waals surface area contributed by atoms with E-state index in [4.69, 9.17) is 0 Å². The van der Waals surface area contributed by atoms with E-state index < -0.39 is 0 Å². The predicted molar refractivity (Wildman–Crippen MR) is 212 cm³/mol. The Bertz CT molecular complexity index is 2900. The SMILES string of the molecule is C1=CC2c3cc(-c4ccc5c(c4)c4ccccc4n5-c4cccc5ccccc45)ccc3N(c3cc4ccccc4c4ccccc34)C2C=C1. The lowest BCUT2D eigenvalue weighted by Crippen LogP contribution is -2.28. The van der Waals surface area contributed by atoms with Crippen LogP contribution in [0.1, 0.15) is 11.5 Å². The van der Waals surface area contributed by atoms with Crippen molar-refractivity contribution in [2.45, 2.75) is 12.0 Å². The van der Waals surface area contributed by atoms with E-state index in [1.807, 2.05) is 0 Å². The maximum Gasteiger partial charge on any atom is 0.0629 e. The third kappa shape index (κ3) is 3.90.